The van der Waals surface area contributed by atoms with E-state index in [2.05, 4.69) is 33.9 Å². The third kappa shape index (κ3) is 5.91. The first-order valence-corrected chi connectivity index (χ1v) is 11.7. The molecule has 0 saturated carbocycles. The van der Waals surface area contributed by atoms with Crippen molar-refractivity contribution in [2.45, 2.75) is 6.04 Å². The minimum Gasteiger partial charge on any atom is -0.378 e. The summed E-state index contributed by atoms with van der Waals surface area (Å²) in [4.78, 5) is 5.64. The molecule has 6 nitrogen and oxygen atoms in total. The number of nitrogens with zero attached hydrogens (tertiary/aromatic N) is 2. The molecule has 0 aliphatic carbocycles. The predicted octanol–water partition coefficient (Wildman–Crippen LogP) is 0.887. The number of piperazine rings is 1. The molecule has 158 valence electrons. The van der Waals surface area contributed by atoms with Crippen LogP contribution in [0.15, 0.2) is 48.5 Å². The first kappa shape index (κ1) is 21.5. The Morgan fingerprint density at radius 1 is 1.07 bits per heavy atom. The van der Waals surface area contributed by atoms with E-state index >= 15 is 0 Å². The SMILES string of the molecule is CN(C)c1ccc([C@@H](CNS(C)(=O)=O)[NH+]2CCN(c3ccc(F)cc3)CC2)cc1. The number of hydrogen-bond acceptors (Lipinski definition) is 4. The summed E-state index contributed by atoms with van der Waals surface area (Å²) in [6, 6.07) is 14.9. The molecule has 1 fully saturated rings. The molecule has 1 atom stereocenters. The van der Waals surface area contributed by atoms with Crippen LogP contribution >= 0.6 is 0 Å². The second-order valence-corrected chi connectivity index (χ2v) is 9.61. The quantitative estimate of drug-likeness (QED) is 0.697. The van der Waals surface area contributed by atoms with Crippen molar-refractivity contribution in [3.8, 4) is 0 Å². The second kappa shape index (κ2) is 9.11. The van der Waals surface area contributed by atoms with Gasteiger partial charge in [-0.2, -0.15) is 0 Å². The fourth-order valence-corrected chi connectivity index (χ4v) is 4.26. The summed E-state index contributed by atoms with van der Waals surface area (Å²) < 4.78 is 39.3. The van der Waals surface area contributed by atoms with Crippen molar-refractivity contribution in [3.63, 3.8) is 0 Å². The molecular formula is C21H30FN4O2S+. The van der Waals surface area contributed by atoms with Gasteiger partial charge >= 0.3 is 0 Å². The minimum absolute atomic E-state index is 0.0382. The topological polar surface area (TPSA) is 57.1 Å². The van der Waals surface area contributed by atoms with Gasteiger partial charge in [-0.05, 0) is 36.4 Å². The maximum atomic E-state index is 13.2. The van der Waals surface area contributed by atoms with E-state index in [1.54, 1.807) is 0 Å². The number of hydrogen-bond donors (Lipinski definition) is 2. The molecule has 0 unspecified atom stereocenters. The van der Waals surface area contributed by atoms with Gasteiger partial charge in [0.2, 0.25) is 10.0 Å². The maximum absolute atomic E-state index is 13.2. The monoisotopic (exact) mass is 421 g/mol. The van der Waals surface area contributed by atoms with E-state index in [0.29, 0.717) is 6.54 Å². The van der Waals surface area contributed by atoms with E-state index in [9.17, 15) is 12.8 Å². The normalized spacial score (nSPS) is 16.6. The zero-order valence-electron chi connectivity index (χ0n) is 17.2. The lowest BCUT2D eigenvalue weighted by molar-refractivity contribution is -0.930. The first-order valence-electron chi connectivity index (χ1n) is 9.80. The van der Waals surface area contributed by atoms with E-state index < -0.39 is 10.0 Å². The zero-order valence-corrected chi connectivity index (χ0v) is 18.0. The Balaban J connectivity index is 1.73. The van der Waals surface area contributed by atoms with Crippen LogP contribution in [0.3, 0.4) is 0 Å². The maximum Gasteiger partial charge on any atom is 0.208 e. The smallest absolute Gasteiger partial charge is 0.208 e. The van der Waals surface area contributed by atoms with Crippen LogP contribution in [0, 0.1) is 5.82 Å². The molecule has 0 radical (unpaired) electrons. The van der Waals surface area contributed by atoms with Gasteiger partial charge in [-0.25, -0.2) is 17.5 Å². The Labute approximate surface area is 173 Å². The molecule has 0 spiro atoms. The number of quaternary nitrogens is 1. The molecule has 2 aromatic carbocycles. The Bertz CT molecular complexity index is 893. The summed E-state index contributed by atoms with van der Waals surface area (Å²) >= 11 is 0. The van der Waals surface area contributed by atoms with Crippen LogP contribution in [0.5, 0.6) is 0 Å². The van der Waals surface area contributed by atoms with Crippen molar-refractivity contribution >= 4 is 21.4 Å². The van der Waals surface area contributed by atoms with Crippen LogP contribution in [0.1, 0.15) is 11.6 Å². The van der Waals surface area contributed by atoms with Crippen LogP contribution in [0.2, 0.25) is 0 Å². The summed E-state index contributed by atoms with van der Waals surface area (Å²) in [5.74, 6) is -0.230. The zero-order chi connectivity index (χ0) is 21.0. The number of sulfonamides is 1. The lowest BCUT2D eigenvalue weighted by atomic mass is 10.0. The minimum atomic E-state index is -3.26. The lowest BCUT2D eigenvalue weighted by Gasteiger charge is -2.38. The van der Waals surface area contributed by atoms with Crippen molar-refractivity contribution in [3.05, 3.63) is 59.9 Å². The van der Waals surface area contributed by atoms with Crippen molar-refractivity contribution in [2.24, 2.45) is 0 Å². The highest BCUT2D eigenvalue weighted by molar-refractivity contribution is 7.88. The van der Waals surface area contributed by atoms with Gasteiger partial charge in [0.05, 0.1) is 39.0 Å². The lowest BCUT2D eigenvalue weighted by Crippen LogP contribution is -3.15. The molecule has 29 heavy (non-hydrogen) atoms. The van der Waals surface area contributed by atoms with Gasteiger partial charge in [-0.3, -0.25) is 0 Å². The average Bonchev–Trinajstić information content (AvgIpc) is 2.69. The van der Waals surface area contributed by atoms with Gasteiger partial charge < -0.3 is 14.7 Å². The fourth-order valence-electron chi connectivity index (χ4n) is 3.79. The third-order valence-corrected chi connectivity index (χ3v) is 6.14. The molecule has 1 heterocycles. The summed E-state index contributed by atoms with van der Waals surface area (Å²) in [6.45, 7) is 3.80. The van der Waals surface area contributed by atoms with Crippen molar-refractivity contribution in [1.82, 2.24) is 4.72 Å². The van der Waals surface area contributed by atoms with Crippen LogP contribution in [-0.4, -0.2) is 61.5 Å². The van der Waals surface area contributed by atoms with E-state index in [-0.39, 0.29) is 11.9 Å². The molecular weight excluding hydrogens is 391 g/mol. The molecule has 3 rings (SSSR count). The molecule has 0 bridgehead atoms. The first-order chi connectivity index (χ1) is 13.7. The standard InChI is InChI=1S/C21H29FN4O2S/c1-24(2)19-8-4-17(5-9-19)21(16-23-29(3,27)28)26-14-12-25(13-15-26)20-10-6-18(22)7-11-20/h4-11,21,23H,12-16H2,1-3H3/p+1/t21-/m1/s1. The van der Waals surface area contributed by atoms with Gasteiger partial charge in [-0.15, -0.1) is 0 Å². The highest BCUT2D eigenvalue weighted by atomic mass is 32.2. The largest absolute Gasteiger partial charge is 0.378 e. The molecule has 8 heteroatoms. The molecule has 1 saturated heterocycles. The van der Waals surface area contributed by atoms with Gasteiger partial charge in [0.25, 0.3) is 0 Å². The number of rotatable bonds is 7. The average molecular weight is 422 g/mol. The van der Waals surface area contributed by atoms with E-state index in [0.717, 1.165) is 43.1 Å². The second-order valence-electron chi connectivity index (χ2n) is 7.78. The van der Waals surface area contributed by atoms with Crippen LogP contribution in [0.25, 0.3) is 0 Å². The van der Waals surface area contributed by atoms with Crippen LogP contribution in [0.4, 0.5) is 15.8 Å². The highest BCUT2D eigenvalue weighted by Crippen LogP contribution is 2.18. The van der Waals surface area contributed by atoms with Crippen molar-refractivity contribution in [1.29, 1.82) is 0 Å². The Hall–Kier alpha value is -2.16. The number of benzene rings is 2. The third-order valence-electron chi connectivity index (χ3n) is 5.45. The molecule has 0 amide bonds. The summed E-state index contributed by atoms with van der Waals surface area (Å²) in [5.41, 5.74) is 3.25. The summed E-state index contributed by atoms with van der Waals surface area (Å²) in [7, 11) is 0.733. The van der Waals surface area contributed by atoms with Crippen LogP contribution in [-0.2, 0) is 10.0 Å². The molecule has 2 N–H and O–H groups in total. The van der Waals surface area contributed by atoms with Gasteiger partial charge in [0.1, 0.15) is 11.9 Å². The van der Waals surface area contributed by atoms with E-state index in [4.69, 9.17) is 0 Å². The number of halogens is 1. The van der Waals surface area contributed by atoms with Crippen molar-refractivity contribution in [2.75, 3.05) is 62.9 Å². The molecule has 1 aliphatic rings. The predicted molar refractivity (Wildman–Crippen MR) is 116 cm³/mol. The van der Waals surface area contributed by atoms with E-state index in [1.807, 2.05) is 31.1 Å². The molecule has 2 aromatic rings. The fraction of sp³-hybridized carbons (Fsp3) is 0.429. The van der Waals surface area contributed by atoms with Gasteiger partial charge in [0, 0.05) is 31.0 Å². The van der Waals surface area contributed by atoms with Gasteiger partial charge in [-0.1, -0.05) is 12.1 Å². The number of anilines is 2. The summed E-state index contributed by atoms with van der Waals surface area (Å²) in [6.07, 6.45) is 1.20. The molecule has 1 aliphatic heterocycles. The Morgan fingerprint density at radius 2 is 1.66 bits per heavy atom. The van der Waals surface area contributed by atoms with Crippen LogP contribution < -0.4 is 19.4 Å². The van der Waals surface area contributed by atoms with E-state index in [1.165, 1.54) is 23.3 Å². The van der Waals surface area contributed by atoms with Gasteiger partial charge in [0.15, 0.2) is 0 Å². The summed E-state index contributed by atoms with van der Waals surface area (Å²) in [5, 5.41) is 0. The Kier molecular flexibility index (Phi) is 6.77. The molecule has 0 aromatic heterocycles. The Morgan fingerprint density at radius 3 is 2.17 bits per heavy atom. The highest BCUT2D eigenvalue weighted by Gasteiger charge is 2.29. The van der Waals surface area contributed by atoms with Crippen molar-refractivity contribution < 1.29 is 17.7 Å². The number of nitrogens with one attached hydrogen (secondary N) is 2.